The van der Waals surface area contributed by atoms with E-state index in [1.807, 2.05) is 19.9 Å². The molecule has 32 heavy (non-hydrogen) atoms. The minimum atomic E-state index is -3.76. The van der Waals surface area contributed by atoms with E-state index in [2.05, 4.69) is 4.72 Å². The first-order valence-corrected chi connectivity index (χ1v) is 11.4. The minimum absolute atomic E-state index is 0.0751. The summed E-state index contributed by atoms with van der Waals surface area (Å²) in [7, 11) is -2.20. The Bertz CT molecular complexity index is 1210. The number of nitrogens with zero attached hydrogens (tertiary/aromatic N) is 1. The third-order valence-electron chi connectivity index (χ3n) is 5.05. The number of rotatable bonds is 8. The van der Waals surface area contributed by atoms with Gasteiger partial charge in [-0.25, -0.2) is 12.8 Å². The number of amides is 1. The summed E-state index contributed by atoms with van der Waals surface area (Å²) < 4.78 is 47.0. The number of carbonyl (C=O) groups excluding carboxylic acids is 1. The van der Waals surface area contributed by atoms with Crippen LogP contribution in [-0.2, 0) is 21.4 Å². The fourth-order valence-corrected chi connectivity index (χ4v) is 4.01. The molecule has 0 bridgehead atoms. The second-order valence-electron chi connectivity index (χ2n) is 7.51. The molecule has 0 atom stereocenters. The van der Waals surface area contributed by atoms with Crippen LogP contribution in [0.15, 0.2) is 71.6 Å². The van der Waals surface area contributed by atoms with Crippen LogP contribution in [0.3, 0.4) is 0 Å². The molecule has 0 saturated heterocycles. The van der Waals surface area contributed by atoms with Crippen molar-refractivity contribution in [1.82, 2.24) is 4.90 Å². The van der Waals surface area contributed by atoms with Crippen LogP contribution in [0, 0.1) is 19.7 Å². The molecule has 0 fully saturated rings. The summed E-state index contributed by atoms with van der Waals surface area (Å²) in [5.41, 5.74) is 2.95. The van der Waals surface area contributed by atoms with Crippen molar-refractivity contribution in [2.45, 2.75) is 25.3 Å². The molecule has 0 heterocycles. The maximum Gasteiger partial charge on any atom is 0.261 e. The van der Waals surface area contributed by atoms with Gasteiger partial charge >= 0.3 is 0 Å². The number of anilines is 1. The predicted molar refractivity (Wildman–Crippen MR) is 122 cm³/mol. The lowest BCUT2D eigenvalue weighted by Crippen LogP contribution is -2.31. The molecule has 0 aliphatic rings. The zero-order valence-electron chi connectivity index (χ0n) is 18.1. The van der Waals surface area contributed by atoms with Crippen molar-refractivity contribution in [1.29, 1.82) is 0 Å². The third-order valence-corrected chi connectivity index (χ3v) is 6.44. The Morgan fingerprint density at radius 3 is 2.34 bits per heavy atom. The highest BCUT2D eigenvalue weighted by atomic mass is 32.2. The van der Waals surface area contributed by atoms with Crippen molar-refractivity contribution in [3.8, 4) is 5.75 Å². The molecule has 1 N–H and O–H groups in total. The summed E-state index contributed by atoms with van der Waals surface area (Å²) in [6.07, 6.45) is 0. The van der Waals surface area contributed by atoms with E-state index in [1.165, 1.54) is 35.2 Å². The summed E-state index contributed by atoms with van der Waals surface area (Å²) in [6, 6.07) is 17.4. The standard InChI is InChI=1S/C24H25FN2O4S/c1-17-8-9-20(14-18(17)2)26-32(29,30)22-12-10-21(11-13-22)31-16-24(28)27(3)15-19-6-4-5-7-23(19)25/h4-14,26H,15-16H2,1-3H3. The quantitative estimate of drug-likeness (QED) is 0.549. The van der Waals surface area contributed by atoms with E-state index in [-0.39, 0.29) is 29.8 Å². The van der Waals surface area contributed by atoms with E-state index in [9.17, 15) is 17.6 Å². The predicted octanol–water partition coefficient (Wildman–Crippen LogP) is 4.28. The van der Waals surface area contributed by atoms with Crippen LogP contribution in [0.5, 0.6) is 5.75 Å². The summed E-state index contributed by atoms with van der Waals surface area (Å²) in [5.74, 6) is -0.358. The molecule has 0 saturated carbocycles. The fourth-order valence-electron chi connectivity index (χ4n) is 2.96. The molecule has 1 amide bonds. The first kappa shape index (κ1) is 23.3. The Kier molecular flexibility index (Phi) is 7.15. The molecular formula is C24H25FN2O4S. The van der Waals surface area contributed by atoms with E-state index in [0.717, 1.165) is 11.1 Å². The normalized spacial score (nSPS) is 11.1. The molecule has 0 spiro atoms. The van der Waals surface area contributed by atoms with Gasteiger partial charge in [0.2, 0.25) is 0 Å². The summed E-state index contributed by atoms with van der Waals surface area (Å²) in [5, 5.41) is 0. The van der Waals surface area contributed by atoms with Crippen LogP contribution in [0.1, 0.15) is 16.7 Å². The SMILES string of the molecule is Cc1ccc(NS(=O)(=O)c2ccc(OCC(=O)N(C)Cc3ccccc3F)cc2)cc1C. The maximum atomic E-state index is 13.7. The van der Waals surface area contributed by atoms with Gasteiger partial charge in [0.1, 0.15) is 11.6 Å². The highest BCUT2D eigenvalue weighted by Crippen LogP contribution is 2.21. The molecule has 3 aromatic carbocycles. The highest BCUT2D eigenvalue weighted by Gasteiger charge is 2.16. The van der Waals surface area contributed by atoms with E-state index in [1.54, 1.807) is 37.4 Å². The van der Waals surface area contributed by atoms with Crippen LogP contribution in [0.4, 0.5) is 10.1 Å². The highest BCUT2D eigenvalue weighted by molar-refractivity contribution is 7.92. The molecule has 3 rings (SSSR count). The van der Waals surface area contributed by atoms with E-state index in [4.69, 9.17) is 4.74 Å². The van der Waals surface area contributed by atoms with Crippen molar-refractivity contribution in [2.75, 3.05) is 18.4 Å². The lowest BCUT2D eigenvalue weighted by Gasteiger charge is -2.18. The van der Waals surface area contributed by atoms with Gasteiger partial charge < -0.3 is 9.64 Å². The van der Waals surface area contributed by atoms with E-state index >= 15 is 0 Å². The summed E-state index contributed by atoms with van der Waals surface area (Å²) in [6.45, 7) is 3.73. The van der Waals surface area contributed by atoms with Crippen LogP contribution in [0.2, 0.25) is 0 Å². The first-order chi connectivity index (χ1) is 15.2. The number of likely N-dealkylation sites (N-methyl/N-ethyl adjacent to an activating group) is 1. The van der Waals surface area contributed by atoms with Crippen molar-refractivity contribution in [2.24, 2.45) is 0 Å². The number of sulfonamides is 1. The number of ether oxygens (including phenoxy) is 1. The minimum Gasteiger partial charge on any atom is -0.484 e. The van der Waals surface area contributed by atoms with Gasteiger partial charge in [-0.1, -0.05) is 24.3 Å². The zero-order valence-corrected chi connectivity index (χ0v) is 18.9. The van der Waals surface area contributed by atoms with Gasteiger partial charge in [-0.15, -0.1) is 0 Å². The topological polar surface area (TPSA) is 75.7 Å². The van der Waals surface area contributed by atoms with Crippen LogP contribution >= 0.6 is 0 Å². The smallest absolute Gasteiger partial charge is 0.261 e. The third kappa shape index (κ3) is 5.85. The molecule has 8 heteroatoms. The molecule has 0 aliphatic carbocycles. The fraction of sp³-hybridized carbons (Fsp3) is 0.208. The first-order valence-electron chi connectivity index (χ1n) is 9.96. The number of aryl methyl sites for hydroxylation is 2. The second kappa shape index (κ2) is 9.82. The maximum absolute atomic E-state index is 13.7. The molecule has 0 aliphatic heterocycles. The average Bonchev–Trinajstić information content (AvgIpc) is 2.76. The molecule has 3 aromatic rings. The van der Waals surface area contributed by atoms with Gasteiger partial charge in [0.25, 0.3) is 15.9 Å². The van der Waals surface area contributed by atoms with E-state index < -0.39 is 10.0 Å². The Morgan fingerprint density at radius 1 is 1.00 bits per heavy atom. The van der Waals surface area contributed by atoms with Crippen molar-refractivity contribution in [3.05, 3.63) is 89.2 Å². The molecule has 168 valence electrons. The lowest BCUT2D eigenvalue weighted by molar-refractivity contribution is -0.132. The number of hydrogen-bond donors (Lipinski definition) is 1. The lowest BCUT2D eigenvalue weighted by atomic mass is 10.1. The van der Waals surface area contributed by atoms with Gasteiger partial charge in [0.15, 0.2) is 6.61 Å². The molecule has 0 unspecified atom stereocenters. The van der Waals surface area contributed by atoms with Gasteiger partial charge in [-0.05, 0) is 67.4 Å². The van der Waals surface area contributed by atoms with Gasteiger partial charge in [0.05, 0.1) is 4.90 Å². The largest absolute Gasteiger partial charge is 0.484 e. The van der Waals surface area contributed by atoms with Gasteiger partial charge in [-0.2, -0.15) is 0 Å². The van der Waals surface area contributed by atoms with Gasteiger partial charge in [0, 0.05) is 24.8 Å². The van der Waals surface area contributed by atoms with Crippen molar-refractivity contribution in [3.63, 3.8) is 0 Å². The average molecular weight is 457 g/mol. The van der Waals surface area contributed by atoms with Crippen molar-refractivity contribution < 1.29 is 22.3 Å². The number of carbonyl (C=O) groups is 1. The van der Waals surface area contributed by atoms with Crippen molar-refractivity contribution >= 4 is 21.6 Å². The summed E-state index contributed by atoms with van der Waals surface area (Å²) >= 11 is 0. The molecule has 6 nitrogen and oxygen atoms in total. The Balaban J connectivity index is 1.58. The number of hydrogen-bond acceptors (Lipinski definition) is 4. The number of nitrogens with one attached hydrogen (secondary N) is 1. The Morgan fingerprint density at radius 2 is 1.69 bits per heavy atom. The van der Waals surface area contributed by atoms with Gasteiger partial charge in [-0.3, -0.25) is 9.52 Å². The second-order valence-corrected chi connectivity index (χ2v) is 9.19. The summed E-state index contributed by atoms with van der Waals surface area (Å²) in [4.78, 5) is 13.7. The Labute approximate surface area is 187 Å². The molecule has 0 radical (unpaired) electrons. The van der Waals surface area contributed by atoms with Crippen LogP contribution < -0.4 is 9.46 Å². The number of benzene rings is 3. The Hall–Kier alpha value is -3.39. The zero-order chi connectivity index (χ0) is 23.3. The molecule has 0 aromatic heterocycles. The number of halogens is 1. The van der Waals surface area contributed by atoms with Crippen LogP contribution in [-0.4, -0.2) is 32.9 Å². The van der Waals surface area contributed by atoms with Crippen LogP contribution in [0.25, 0.3) is 0 Å². The monoisotopic (exact) mass is 456 g/mol. The molecular weight excluding hydrogens is 431 g/mol. The van der Waals surface area contributed by atoms with E-state index in [0.29, 0.717) is 17.0 Å².